The number of imidazole rings is 1. The highest BCUT2D eigenvalue weighted by atomic mass is 16.2. The Morgan fingerprint density at radius 3 is 2.76 bits per heavy atom. The first-order chi connectivity index (χ1) is 14.2. The van der Waals surface area contributed by atoms with E-state index in [1.54, 1.807) is 6.07 Å². The average molecular weight is 387 g/mol. The van der Waals surface area contributed by atoms with Gasteiger partial charge in [-0.2, -0.15) is 0 Å². The van der Waals surface area contributed by atoms with Crippen LogP contribution in [0.3, 0.4) is 0 Å². The maximum absolute atomic E-state index is 12.9. The molecule has 0 aliphatic carbocycles. The van der Waals surface area contributed by atoms with Crippen LogP contribution in [0.15, 0.2) is 59.7 Å². The van der Waals surface area contributed by atoms with Gasteiger partial charge in [-0.1, -0.05) is 24.3 Å². The number of carbonyl (C=O) groups excluding carboxylic acids is 1. The fraction of sp³-hybridized carbons (Fsp3) is 0.273. The van der Waals surface area contributed by atoms with E-state index >= 15 is 0 Å². The number of amides is 1. The third-order valence-corrected chi connectivity index (χ3v) is 5.59. The zero-order chi connectivity index (χ0) is 19.8. The molecule has 1 fully saturated rings. The van der Waals surface area contributed by atoms with Crippen LogP contribution in [0, 0.1) is 0 Å². The zero-order valence-corrected chi connectivity index (χ0v) is 15.9. The zero-order valence-electron chi connectivity index (χ0n) is 15.9. The number of hydrogen-bond acceptors (Lipinski definition) is 4. The van der Waals surface area contributed by atoms with Crippen LogP contribution in [-0.2, 0) is 11.3 Å². The average Bonchev–Trinajstić information content (AvgIpc) is 3.40. The number of aromatic nitrogens is 4. The molecule has 5 rings (SSSR count). The first-order valence-corrected chi connectivity index (χ1v) is 9.89. The third-order valence-electron chi connectivity index (χ3n) is 5.59. The lowest BCUT2D eigenvalue weighted by Gasteiger charge is -2.23. The van der Waals surface area contributed by atoms with E-state index < -0.39 is 0 Å². The van der Waals surface area contributed by atoms with Crippen LogP contribution in [0.4, 0.5) is 0 Å². The molecule has 2 aromatic heterocycles. The van der Waals surface area contributed by atoms with E-state index in [0.717, 1.165) is 29.7 Å². The van der Waals surface area contributed by atoms with Gasteiger partial charge in [0.05, 0.1) is 34.3 Å². The van der Waals surface area contributed by atoms with Crippen molar-refractivity contribution in [2.75, 3.05) is 6.54 Å². The number of rotatable bonds is 4. The molecule has 0 saturated carbocycles. The second-order valence-corrected chi connectivity index (χ2v) is 7.39. The number of carbonyl (C=O) groups is 1. The topological polar surface area (TPSA) is 83.9 Å². The Labute approximate surface area is 167 Å². The number of aryl methyl sites for hydroxylation is 1. The van der Waals surface area contributed by atoms with E-state index in [1.165, 1.54) is 10.9 Å². The molecule has 0 bridgehead atoms. The predicted octanol–water partition coefficient (Wildman–Crippen LogP) is 3.03. The van der Waals surface area contributed by atoms with Crippen LogP contribution in [0.1, 0.15) is 31.1 Å². The second-order valence-electron chi connectivity index (χ2n) is 7.39. The number of nitrogens with zero attached hydrogens (tertiary/aromatic N) is 4. The quantitative estimate of drug-likeness (QED) is 0.583. The molecule has 0 radical (unpaired) electrons. The van der Waals surface area contributed by atoms with Crippen LogP contribution < -0.4 is 5.56 Å². The van der Waals surface area contributed by atoms with Crippen LogP contribution >= 0.6 is 0 Å². The van der Waals surface area contributed by atoms with Crippen molar-refractivity contribution in [3.05, 3.63) is 71.0 Å². The SMILES string of the molecule is O=C(CCn1cnc2ccccc2c1=O)N1CCC[C@H]1c1nc2ccccc2[nH]1. The molecule has 3 heterocycles. The van der Waals surface area contributed by atoms with Gasteiger partial charge in [0.2, 0.25) is 5.91 Å². The molecule has 0 unspecified atom stereocenters. The molecule has 4 aromatic rings. The summed E-state index contributed by atoms with van der Waals surface area (Å²) < 4.78 is 1.52. The van der Waals surface area contributed by atoms with E-state index in [1.807, 2.05) is 47.4 Å². The summed E-state index contributed by atoms with van der Waals surface area (Å²) in [4.78, 5) is 39.8. The van der Waals surface area contributed by atoms with Crippen molar-refractivity contribution in [3.63, 3.8) is 0 Å². The van der Waals surface area contributed by atoms with Crippen molar-refractivity contribution >= 4 is 27.8 Å². The summed E-state index contributed by atoms with van der Waals surface area (Å²) in [5.41, 5.74) is 2.45. The molecule has 1 aliphatic rings. The first kappa shape index (κ1) is 17.6. The summed E-state index contributed by atoms with van der Waals surface area (Å²) in [6, 6.07) is 15.1. The van der Waals surface area contributed by atoms with E-state index in [2.05, 4.69) is 15.0 Å². The van der Waals surface area contributed by atoms with Crippen molar-refractivity contribution in [2.24, 2.45) is 0 Å². The first-order valence-electron chi connectivity index (χ1n) is 9.89. The predicted molar refractivity (Wildman–Crippen MR) is 110 cm³/mol. The minimum Gasteiger partial charge on any atom is -0.340 e. The maximum Gasteiger partial charge on any atom is 0.261 e. The van der Waals surface area contributed by atoms with Gasteiger partial charge in [0.15, 0.2) is 0 Å². The monoisotopic (exact) mass is 387 g/mol. The summed E-state index contributed by atoms with van der Waals surface area (Å²) >= 11 is 0. The number of fused-ring (bicyclic) bond motifs is 2. The van der Waals surface area contributed by atoms with Gasteiger partial charge in [0, 0.05) is 19.5 Å². The number of nitrogens with one attached hydrogen (secondary N) is 1. The highest BCUT2D eigenvalue weighted by Gasteiger charge is 2.31. The Kier molecular flexibility index (Phi) is 4.35. The highest BCUT2D eigenvalue weighted by Crippen LogP contribution is 2.31. The Hall–Kier alpha value is -3.48. The molecule has 1 aliphatic heterocycles. The molecule has 146 valence electrons. The number of likely N-dealkylation sites (tertiary alicyclic amines) is 1. The second kappa shape index (κ2) is 7.16. The van der Waals surface area contributed by atoms with Crippen molar-refractivity contribution in [1.82, 2.24) is 24.4 Å². The van der Waals surface area contributed by atoms with Crippen molar-refractivity contribution in [1.29, 1.82) is 0 Å². The standard InChI is InChI=1S/C22H21N5O2/c28-20(11-13-26-14-23-16-7-2-1-6-15(16)22(26)29)27-12-5-10-19(27)21-24-17-8-3-4-9-18(17)25-21/h1-4,6-9,14,19H,5,10-13H2,(H,24,25)/t19-/m0/s1. The largest absolute Gasteiger partial charge is 0.340 e. The van der Waals surface area contributed by atoms with Crippen LogP contribution in [0.5, 0.6) is 0 Å². The van der Waals surface area contributed by atoms with Crippen LogP contribution in [0.25, 0.3) is 21.9 Å². The number of para-hydroxylation sites is 3. The van der Waals surface area contributed by atoms with Crippen molar-refractivity contribution in [3.8, 4) is 0 Å². The number of benzene rings is 2. The van der Waals surface area contributed by atoms with Gasteiger partial charge in [-0.05, 0) is 37.1 Å². The number of hydrogen-bond donors (Lipinski definition) is 1. The van der Waals surface area contributed by atoms with Crippen LogP contribution in [0.2, 0.25) is 0 Å². The smallest absolute Gasteiger partial charge is 0.261 e. The minimum atomic E-state index is -0.112. The highest BCUT2D eigenvalue weighted by molar-refractivity contribution is 5.79. The summed E-state index contributed by atoms with van der Waals surface area (Å²) in [7, 11) is 0. The van der Waals surface area contributed by atoms with Gasteiger partial charge in [0.1, 0.15) is 5.82 Å². The van der Waals surface area contributed by atoms with Gasteiger partial charge in [-0.15, -0.1) is 0 Å². The van der Waals surface area contributed by atoms with Gasteiger partial charge >= 0.3 is 0 Å². The lowest BCUT2D eigenvalue weighted by Crippen LogP contribution is -2.32. The summed E-state index contributed by atoms with van der Waals surface area (Å²) in [6.07, 6.45) is 3.63. The van der Waals surface area contributed by atoms with E-state index in [-0.39, 0.29) is 23.9 Å². The Morgan fingerprint density at radius 2 is 1.90 bits per heavy atom. The number of aromatic amines is 1. The van der Waals surface area contributed by atoms with E-state index in [4.69, 9.17) is 0 Å². The molecule has 7 heteroatoms. The fourth-order valence-corrected chi connectivity index (χ4v) is 4.10. The fourth-order valence-electron chi connectivity index (χ4n) is 4.10. The van der Waals surface area contributed by atoms with Crippen LogP contribution in [-0.4, -0.2) is 36.9 Å². The van der Waals surface area contributed by atoms with Gasteiger partial charge in [-0.3, -0.25) is 14.2 Å². The maximum atomic E-state index is 12.9. The van der Waals surface area contributed by atoms with Crippen molar-refractivity contribution in [2.45, 2.75) is 31.8 Å². The Morgan fingerprint density at radius 1 is 1.10 bits per heavy atom. The lowest BCUT2D eigenvalue weighted by atomic mass is 10.2. The normalized spacial score (nSPS) is 16.7. The van der Waals surface area contributed by atoms with Gasteiger partial charge < -0.3 is 9.88 Å². The van der Waals surface area contributed by atoms with E-state index in [9.17, 15) is 9.59 Å². The third kappa shape index (κ3) is 3.18. The summed E-state index contributed by atoms with van der Waals surface area (Å²) in [6.45, 7) is 1.03. The molecule has 7 nitrogen and oxygen atoms in total. The molecule has 1 N–H and O–H groups in total. The molecule has 29 heavy (non-hydrogen) atoms. The minimum absolute atomic E-state index is 0.0352. The Bertz CT molecular complexity index is 1230. The molecular weight excluding hydrogens is 366 g/mol. The number of H-pyrrole nitrogens is 1. The molecular formula is C22H21N5O2. The Balaban J connectivity index is 1.34. The van der Waals surface area contributed by atoms with Gasteiger partial charge in [0.25, 0.3) is 5.56 Å². The van der Waals surface area contributed by atoms with Crippen molar-refractivity contribution < 1.29 is 4.79 Å². The van der Waals surface area contributed by atoms with E-state index in [0.29, 0.717) is 24.0 Å². The molecule has 1 atom stereocenters. The summed E-state index contributed by atoms with van der Waals surface area (Å²) in [5.74, 6) is 0.870. The molecule has 1 amide bonds. The van der Waals surface area contributed by atoms with Gasteiger partial charge in [-0.25, -0.2) is 9.97 Å². The molecule has 2 aromatic carbocycles. The lowest BCUT2D eigenvalue weighted by molar-refractivity contribution is -0.132. The summed E-state index contributed by atoms with van der Waals surface area (Å²) in [5, 5.41) is 0.573. The molecule has 0 spiro atoms. The molecule has 1 saturated heterocycles.